The molecule has 1 heterocycles. The van der Waals surface area contributed by atoms with Crippen molar-refractivity contribution in [2.75, 3.05) is 6.61 Å². The average Bonchev–Trinajstić information content (AvgIpc) is 3.10. The van der Waals surface area contributed by atoms with Gasteiger partial charge in [-0.2, -0.15) is 0 Å². The van der Waals surface area contributed by atoms with Gasteiger partial charge in [0.05, 0.1) is 10.9 Å². The van der Waals surface area contributed by atoms with E-state index in [-0.39, 0.29) is 11.3 Å². The van der Waals surface area contributed by atoms with Gasteiger partial charge in [-0.25, -0.2) is 9.18 Å². The number of aldehydes is 1. The van der Waals surface area contributed by atoms with Crippen LogP contribution >= 0.6 is 0 Å². The monoisotopic (exact) mass is 377 g/mol. The van der Waals surface area contributed by atoms with Crippen molar-refractivity contribution >= 4 is 34.1 Å². The Bertz CT molecular complexity index is 1200. The topological polar surface area (TPSA) is 79.4 Å². The highest BCUT2D eigenvalue weighted by Crippen LogP contribution is 2.38. The molecule has 0 amide bonds. The standard InChI is InChI=1S/C22H16FNO4/c23-21-15(9-13-5-2-1-3-6-13)10-17(28-12-18(26)27)20-19-14(11-25)7-4-8-16(19)24-22(20)21/h1-8,10-11,24H,9,12H2,(H,26,27). The zero-order valence-electron chi connectivity index (χ0n) is 14.7. The van der Waals surface area contributed by atoms with Crippen molar-refractivity contribution in [3.8, 4) is 5.75 Å². The van der Waals surface area contributed by atoms with Gasteiger partial charge in [-0.05, 0) is 23.3 Å². The molecule has 0 bridgehead atoms. The van der Waals surface area contributed by atoms with Gasteiger partial charge in [0, 0.05) is 22.9 Å². The van der Waals surface area contributed by atoms with Gasteiger partial charge in [0.25, 0.3) is 0 Å². The molecule has 0 atom stereocenters. The largest absolute Gasteiger partial charge is 0.481 e. The fourth-order valence-corrected chi connectivity index (χ4v) is 3.44. The molecular formula is C22H16FNO4. The number of halogens is 1. The number of H-pyrrole nitrogens is 1. The molecule has 0 aliphatic heterocycles. The highest BCUT2D eigenvalue weighted by molar-refractivity contribution is 6.16. The first-order valence-electron chi connectivity index (χ1n) is 8.68. The molecule has 4 rings (SSSR count). The van der Waals surface area contributed by atoms with Gasteiger partial charge in [-0.1, -0.05) is 42.5 Å². The van der Waals surface area contributed by atoms with Gasteiger partial charge in [0.15, 0.2) is 18.7 Å². The molecule has 1 aromatic heterocycles. The lowest BCUT2D eigenvalue weighted by Crippen LogP contribution is -2.10. The van der Waals surface area contributed by atoms with Crippen LogP contribution in [0, 0.1) is 5.82 Å². The number of aromatic nitrogens is 1. The summed E-state index contributed by atoms with van der Waals surface area (Å²) < 4.78 is 20.8. The molecule has 6 heteroatoms. The minimum Gasteiger partial charge on any atom is -0.481 e. The molecule has 0 fully saturated rings. The van der Waals surface area contributed by atoms with Gasteiger partial charge in [-0.15, -0.1) is 0 Å². The van der Waals surface area contributed by atoms with Crippen molar-refractivity contribution in [1.29, 1.82) is 0 Å². The predicted octanol–water partition coefficient (Wildman–Crippen LogP) is 4.33. The molecule has 28 heavy (non-hydrogen) atoms. The summed E-state index contributed by atoms with van der Waals surface area (Å²) in [6, 6.07) is 16.0. The van der Waals surface area contributed by atoms with Gasteiger partial charge >= 0.3 is 5.97 Å². The number of ether oxygens (including phenoxy) is 1. The minimum absolute atomic E-state index is 0.193. The zero-order valence-corrected chi connectivity index (χ0v) is 14.7. The summed E-state index contributed by atoms with van der Waals surface area (Å²) in [6.07, 6.45) is 1.01. The van der Waals surface area contributed by atoms with E-state index < -0.39 is 18.4 Å². The van der Waals surface area contributed by atoms with Crippen LogP contribution in [-0.4, -0.2) is 29.0 Å². The Morgan fingerprint density at radius 2 is 1.89 bits per heavy atom. The Labute approximate surface area is 159 Å². The van der Waals surface area contributed by atoms with Crippen molar-refractivity contribution in [2.45, 2.75) is 6.42 Å². The van der Waals surface area contributed by atoms with Gasteiger partial charge in [0.2, 0.25) is 0 Å². The molecule has 0 aliphatic carbocycles. The fraction of sp³-hybridized carbons (Fsp3) is 0.0909. The zero-order chi connectivity index (χ0) is 19.7. The number of benzene rings is 3. The number of carbonyl (C=O) groups is 2. The first-order chi connectivity index (χ1) is 13.6. The highest BCUT2D eigenvalue weighted by Gasteiger charge is 2.20. The number of rotatable bonds is 6. The summed E-state index contributed by atoms with van der Waals surface area (Å²) in [5, 5.41) is 9.89. The second kappa shape index (κ2) is 7.15. The Hall–Kier alpha value is -3.67. The molecule has 0 aliphatic rings. The molecular weight excluding hydrogens is 361 g/mol. The number of fused-ring (bicyclic) bond motifs is 3. The molecule has 2 N–H and O–H groups in total. The lowest BCUT2D eigenvalue weighted by atomic mass is 10.0. The van der Waals surface area contributed by atoms with Crippen LogP contribution < -0.4 is 4.74 Å². The number of aromatic amines is 1. The summed E-state index contributed by atoms with van der Waals surface area (Å²) in [5.41, 5.74) is 2.43. The van der Waals surface area contributed by atoms with E-state index in [1.54, 1.807) is 18.2 Å². The predicted molar refractivity (Wildman–Crippen MR) is 104 cm³/mol. The molecule has 140 valence electrons. The number of hydrogen-bond acceptors (Lipinski definition) is 3. The van der Waals surface area contributed by atoms with Crippen LogP contribution in [-0.2, 0) is 11.2 Å². The number of carboxylic acid groups (broad SMARTS) is 1. The Balaban J connectivity index is 1.97. The molecule has 5 nitrogen and oxygen atoms in total. The highest BCUT2D eigenvalue weighted by atomic mass is 19.1. The first-order valence-corrected chi connectivity index (χ1v) is 8.68. The third-order valence-corrected chi connectivity index (χ3v) is 4.63. The van der Waals surface area contributed by atoms with E-state index >= 15 is 4.39 Å². The number of hydrogen-bond donors (Lipinski definition) is 2. The van der Waals surface area contributed by atoms with Crippen molar-refractivity contribution in [2.24, 2.45) is 0 Å². The maximum Gasteiger partial charge on any atom is 0.341 e. The Morgan fingerprint density at radius 1 is 1.11 bits per heavy atom. The Kier molecular flexibility index (Phi) is 4.53. The number of carbonyl (C=O) groups excluding carboxylic acids is 1. The van der Waals surface area contributed by atoms with Gasteiger partial charge in [-0.3, -0.25) is 4.79 Å². The third-order valence-electron chi connectivity index (χ3n) is 4.63. The molecule has 0 saturated heterocycles. The number of carboxylic acids is 1. The summed E-state index contributed by atoms with van der Waals surface area (Å²) in [4.78, 5) is 25.5. The number of aliphatic carboxylic acids is 1. The van der Waals surface area contributed by atoms with Crippen LogP contribution in [0.25, 0.3) is 21.8 Å². The van der Waals surface area contributed by atoms with E-state index in [0.29, 0.717) is 40.1 Å². The smallest absolute Gasteiger partial charge is 0.341 e. The lowest BCUT2D eigenvalue weighted by Gasteiger charge is -2.11. The van der Waals surface area contributed by atoms with E-state index in [9.17, 15) is 9.59 Å². The maximum atomic E-state index is 15.3. The summed E-state index contributed by atoms with van der Waals surface area (Å²) in [7, 11) is 0. The van der Waals surface area contributed by atoms with E-state index in [0.717, 1.165) is 5.56 Å². The van der Waals surface area contributed by atoms with Crippen molar-refractivity contribution in [3.05, 3.63) is 77.1 Å². The molecule has 3 aromatic carbocycles. The molecule has 4 aromatic rings. The van der Waals surface area contributed by atoms with E-state index in [1.807, 2.05) is 30.3 Å². The fourth-order valence-electron chi connectivity index (χ4n) is 3.44. The molecule has 0 radical (unpaired) electrons. The first kappa shape index (κ1) is 17.7. The van der Waals surface area contributed by atoms with Crippen LogP contribution in [0.3, 0.4) is 0 Å². The SMILES string of the molecule is O=Cc1cccc2[nH]c3c(F)c(Cc4ccccc4)cc(OCC(=O)O)c3c12. The van der Waals surface area contributed by atoms with Crippen molar-refractivity contribution in [1.82, 2.24) is 4.98 Å². The van der Waals surface area contributed by atoms with Crippen LogP contribution in [0.4, 0.5) is 4.39 Å². The lowest BCUT2D eigenvalue weighted by molar-refractivity contribution is -0.139. The van der Waals surface area contributed by atoms with Crippen molar-refractivity contribution in [3.63, 3.8) is 0 Å². The normalized spacial score (nSPS) is 11.0. The summed E-state index contributed by atoms with van der Waals surface area (Å²) >= 11 is 0. The summed E-state index contributed by atoms with van der Waals surface area (Å²) in [5.74, 6) is -1.36. The molecule has 0 saturated carbocycles. The third kappa shape index (κ3) is 3.09. The van der Waals surface area contributed by atoms with E-state index in [1.165, 1.54) is 6.07 Å². The van der Waals surface area contributed by atoms with Crippen LogP contribution in [0.5, 0.6) is 5.75 Å². The van der Waals surface area contributed by atoms with E-state index in [2.05, 4.69) is 4.98 Å². The van der Waals surface area contributed by atoms with Crippen LogP contribution in [0.15, 0.2) is 54.6 Å². The number of nitrogens with one attached hydrogen (secondary N) is 1. The van der Waals surface area contributed by atoms with Crippen molar-refractivity contribution < 1.29 is 23.8 Å². The quantitative estimate of drug-likeness (QED) is 0.490. The van der Waals surface area contributed by atoms with Crippen LogP contribution in [0.2, 0.25) is 0 Å². The average molecular weight is 377 g/mol. The minimum atomic E-state index is -1.14. The van der Waals surface area contributed by atoms with Gasteiger partial charge < -0.3 is 14.8 Å². The molecule has 0 spiro atoms. The second-order valence-electron chi connectivity index (χ2n) is 6.46. The van der Waals surface area contributed by atoms with E-state index in [4.69, 9.17) is 9.84 Å². The molecule has 0 unspecified atom stereocenters. The Morgan fingerprint density at radius 3 is 2.61 bits per heavy atom. The maximum absolute atomic E-state index is 15.3. The van der Waals surface area contributed by atoms with Crippen LogP contribution in [0.1, 0.15) is 21.5 Å². The second-order valence-corrected chi connectivity index (χ2v) is 6.46. The summed E-state index contributed by atoms with van der Waals surface area (Å²) in [6.45, 7) is -0.568. The van der Waals surface area contributed by atoms with Gasteiger partial charge in [0.1, 0.15) is 5.75 Å².